The van der Waals surface area contributed by atoms with Gasteiger partial charge in [-0.3, -0.25) is 9.97 Å². The second-order valence-corrected chi connectivity index (χ2v) is 8.85. The minimum atomic E-state index is 1.08. The van der Waals surface area contributed by atoms with E-state index in [9.17, 15) is 0 Å². The van der Waals surface area contributed by atoms with Crippen molar-refractivity contribution in [1.82, 2.24) is 9.97 Å². The van der Waals surface area contributed by atoms with Gasteiger partial charge >= 0.3 is 0 Å². The Hall–Kier alpha value is -3.82. The minimum Gasteiger partial charge on any atom is -0.265 e. The summed E-state index contributed by atoms with van der Waals surface area (Å²) in [5.74, 6) is 0. The molecule has 0 atom stereocenters. The Bertz CT molecular complexity index is 1570. The molecular formula is C30H19BrN2. The van der Waals surface area contributed by atoms with E-state index in [0.29, 0.717) is 0 Å². The molecule has 0 aliphatic heterocycles. The highest BCUT2D eigenvalue weighted by atomic mass is 79.9. The summed E-state index contributed by atoms with van der Waals surface area (Å²) in [5.41, 5.74) is 6.88. The maximum Gasteiger partial charge on any atom is 0.0346 e. The van der Waals surface area contributed by atoms with Gasteiger partial charge in [-0.05, 0) is 84.0 Å². The van der Waals surface area contributed by atoms with E-state index in [1.54, 1.807) is 0 Å². The summed E-state index contributed by atoms with van der Waals surface area (Å²) in [6.45, 7) is 0. The zero-order chi connectivity index (χ0) is 22.2. The summed E-state index contributed by atoms with van der Waals surface area (Å²) in [4.78, 5) is 8.65. The van der Waals surface area contributed by atoms with Gasteiger partial charge in [-0.1, -0.05) is 66.7 Å². The number of pyridine rings is 2. The lowest BCUT2D eigenvalue weighted by atomic mass is 9.90. The summed E-state index contributed by atoms with van der Waals surface area (Å²) in [6.07, 6.45) is 7.46. The molecule has 0 fully saturated rings. The van der Waals surface area contributed by atoms with E-state index in [4.69, 9.17) is 0 Å². The van der Waals surface area contributed by atoms with Crippen molar-refractivity contribution >= 4 is 37.5 Å². The molecule has 2 nitrogen and oxygen atoms in total. The van der Waals surface area contributed by atoms with Crippen LogP contribution in [0.25, 0.3) is 54.9 Å². The average molecular weight is 487 g/mol. The van der Waals surface area contributed by atoms with Gasteiger partial charge in [-0.2, -0.15) is 0 Å². The fourth-order valence-corrected chi connectivity index (χ4v) is 5.23. The highest BCUT2D eigenvalue weighted by Crippen LogP contribution is 2.42. The Labute approximate surface area is 200 Å². The zero-order valence-electron chi connectivity index (χ0n) is 17.7. The summed E-state index contributed by atoms with van der Waals surface area (Å²) in [6, 6.07) is 32.2. The van der Waals surface area contributed by atoms with Crippen LogP contribution >= 0.6 is 15.9 Å². The topological polar surface area (TPSA) is 25.8 Å². The van der Waals surface area contributed by atoms with Crippen LogP contribution in [0.4, 0.5) is 0 Å². The molecule has 3 heteroatoms. The quantitative estimate of drug-likeness (QED) is 0.234. The van der Waals surface area contributed by atoms with Crippen LogP contribution in [-0.2, 0) is 0 Å². The second kappa shape index (κ2) is 8.27. The van der Waals surface area contributed by atoms with Crippen molar-refractivity contribution < 1.29 is 0 Å². The Morgan fingerprint density at radius 3 is 1.67 bits per heavy atom. The number of nitrogens with zero attached hydrogens (tertiary/aromatic N) is 2. The third-order valence-corrected chi connectivity index (χ3v) is 6.96. The molecule has 0 amide bonds. The van der Waals surface area contributed by atoms with Crippen LogP contribution in [0.5, 0.6) is 0 Å². The molecule has 0 bridgehead atoms. The molecule has 0 aliphatic rings. The van der Waals surface area contributed by atoms with E-state index < -0.39 is 0 Å². The number of aromatic nitrogens is 2. The van der Waals surface area contributed by atoms with Crippen LogP contribution in [0.3, 0.4) is 0 Å². The average Bonchev–Trinajstić information content (AvgIpc) is 2.90. The molecule has 0 spiro atoms. The maximum atomic E-state index is 4.52. The molecule has 6 rings (SSSR count). The Morgan fingerprint density at radius 2 is 1.00 bits per heavy atom. The molecule has 156 valence electrons. The predicted octanol–water partition coefficient (Wildman–Crippen LogP) is 8.55. The lowest BCUT2D eigenvalue weighted by molar-refractivity contribution is 1.30. The van der Waals surface area contributed by atoms with Gasteiger partial charge in [0.15, 0.2) is 0 Å². The minimum absolute atomic E-state index is 1.08. The molecule has 0 saturated carbocycles. The summed E-state index contributed by atoms with van der Waals surface area (Å²) >= 11 is 3.86. The van der Waals surface area contributed by atoms with Gasteiger partial charge in [-0.15, -0.1) is 0 Å². The molecular weight excluding hydrogens is 468 g/mol. The number of hydrogen-bond acceptors (Lipinski definition) is 2. The third kappa shape index (κ3) is 3.51. The molecule has 0 radical (unpaired) electrons. The van der Waals surface area contributed by atoms with E-state index in [0.717, 1.165) is 26.7 Å². The monoisotopic (exact) mass is 486 g/mol. The first-order valence-electron chi connectivity index (χ1n) is 10.8. The third-order valence-electron chi connectivity index (χ3n) is 6.10. The van der Waals surface area contributed by atoms with Gasteiger partial charge in [0.2, 0.25) is 0 Å². The number of fused-ring (bicyclic) bond motifs is 2. The molecule has 4 aromatic carbocycles. The van der Waals surface area contributed by atoms with E-state index in [-0.39, 0.29) is 0 Å². The van der Waals surface area contributed by atoms with Gasteiger partial charge in [0, 0.05) is 40.4 Å². The molecule has 0 saturated heterocycles. The smallest absolute Gasteiger partial charge is 0.0346 e. The summed E-state index contributed by atoms with van der Waals surface area (Å²) < 4.78 is 1.14. The molecule has 2 aromatic heterocycles. The van der Waals surface area contributed by atoms with E-state index in [1.807, 2.05) is 36.9 Å². The van der Waals surface area contributed by atoms with Gasteiger partial charge in [0.1, 0.15) is 0 Å². The fourth-order valence-electron chi connectivity index (χ4n) is 4.54. The van der Waals surface area contributed by atoms with Crippen LogP contribution in [0.15, 0.2) is 120 Å². The number of halogens is 1. The van der Waals surface area contributed by atoms with Crippen molar-refractivity contribution in [2.45, 2.75) is 0 Å². The standard InChI is InChI=1S/C30H19BrN2/c31-30-27-10-3-1-8-25(27)29(26-9-2-4-11-28(26)30)22-7-5-6-21(16-22)24-17-23(18-33-19-24)20-12-14-32-15-13-20/h1-19H. The molecule has 0 unspecified atom stereocenters. The number of rotatable bonds is 3. The zero-order valence-corrected chi connectivity index (χ0v) is 19.3. The van der Waals surface area contributed by atoms with Crippen LogP contribution in [-0.4, -0.2) is 9.97 Å². The van der Waals surface area contributed by atoms with Crippen molar-refractivity contribution in [3.05, 3.63) is 120 Å². The highest BCUT2D eigenvalue weighted by molar-refractivity contribution is 9.10. The Morgan fingerprint density at radius 1 is 0.455 bits per heavy atom. The summed E-state index contributed by atoms with van der Waals surface area (Å²) in [7, 11) is 0. The van der Waals surface area contributed by atoms with E-state index >= 15 is 0 Å². The van der Waals surface area contributed by atoms with Crippen molar-refractivity contribution in [3.8, 4) is 33.4 Å². The Kier molecular flexibility index (Phi) is 4.97. The van der Waals surface area contributed by atoms with Crippen LogP contribution in [0, 0.1) is 0 Å². The van der Waals surface area contributed by atoms with Crippen LogP contribution < -0.4 is 0 Å². The maximum absolute atomic E-state index is 4.52. The van der Waals surface area contributed by atoms with Gasteiger partial charge < -0.3 is 0 Å². The van der Waals surface area contributed by atoms with Crippen molar-refractivity contribution in [2.24, 2.45) is 0 Å². The SMILES string of the molecule is Brc1c2ccccc2c(-c2cccc(-c3cncc(-c4ccncc4)c3)c2)c2ccccc12. The molecule has 33 heavy (non-hydrogen) atoms. The first-order valence-corrected chi connectivity index (χ1v) is 11.6. The van der Waals surface area contributed by atoms with E-state index in [1.165, 1.54) is 32.7 Å². The van der Waals surface area contributed by atoms with Crippen molar-refractivity contribution in [1.29, 1.82) is 0 Å². The first kappa shape index (κ1) is 19.8. The number of benzene rings is 4. The fraction of sp³-hybridized carbons (Fsp3) is 0. The predicted molar refractivity (Wildman–Crippen MR) is 141 cm³/mol. The lowest BCUT2D eigenvalue weighted by Crippen LogP contribution is -1.89. The normalized spacial score (nSPS) is 11.2. The largest absolute Gasteiger partial charge is 0.265 e. The van der Waals surface area contributed by atoms with Crippen LogP contribution in [0.2, 0.25) is 0 Å². The second-order valence-electron chi connectivity index (χ2n) is 8.06. The highest BCUT2D eigenvalue weighted by Gasteiger charge is 2.14. The van der Waals surface area contributed by atoms with Crippen LogP contribution in [0.1, 0.15) is 0 Å². The summed E-state index contributed by atoms with van der Waals surface area (Å²) in [5, 5.41) is 4.92. The van der Waals surface area contributed by atoms with E-state index in [2.05, 4.69) is 105 Å². The Balaban J connectivity index is 1.56. The van der Waals surface area contributed by atoms with Gasteiger partial charge in [0.05, 0.1) is 0 Å². The molecule has 2 heterocycles. The van der Waals surface area contributed by atoms with Crippen molar-refractivity contribution in [2.75, 3.05) is 0 Å². The van der Waals surface area contributed by atoms with Gasteiger partial charge in [0.25, 0.3) is 0 Å². The molecule has 0 N–H and O–H groups in total. The number of hydrogen-bond donors (Lipinski definition) is 0. The lowest BCUT2D eigenvalue weighted by Gasteiger charge is -2.15. The van der Waals surface area contributed by atoms with Crippen molar-refractivity contribution in [3.63, 3.8) is 0 Å². The molecule has 0 aliphatic carbocycles. The molecule has 6 aromatic rings. The first-order chi connectivity index (χ1) is 16.3. The van der Waals surface area contributed by atoms with Gasteiger partial charge in [-0.25, -0.2) is 0 Å².